The molecule has 0 aliphatic heterocycles. The molecule has 2 aromatic heterocycles. The molecule has 0 bridgehead atoms. The highest BCUT2D eigenvalue weighted by molar-refractivity contribution is 7.16. The van der Waals surface area contributed by atoms with Gasteiger partial charge >= 0.3 is 0 Å². The van der Waals surface area contributed by atoms with Crippen molar-refractivity contribution in [1.29, 1.82) is 0 Å². The number of nitrogens with one attached hydrogen (secondary N) is 2. The van der Waals surface area contributed by atoms with Gasteiger partial charge in [-0.2, -0.15) is 0 Å². The molecule has 0 saturated carbocycles. The lowest BCUT2D eigenvalue weighted by molar-refractivity contribution is 0.193. The average Bonchev–Trinajstić information content (AvgIpc) is 3.29. The molecule has 2 heterocycles. The summed E-state index contributed by atoms with van der Waals surface area (Å²) in [6.07, 6.45) is -0.780. The first-order valence-electron chi connectivity index (χ1n) is 10.3. The van der Waals surface area contributed by atoms with E-state index in [-0.39, 0.29) is 5.56 Å². The lowest BCUT2D eigenvalue weighted by atomic mass is 10.0. The van der Waals surface area contributed by atoms with Crippen molar-refractivity contribution in [1.82, 2.24) is 9.97 Å². The molecule has 5 aromatic rings. The minimum absolute atomic E-state index is 0.219. The number of hydrogen-bond donors (Lipinski definition) is 3. The van der Waals surface area contributed by atoms with Gasteiger partial charge in [0, 0.05) is 23.7 Å². The monoisotopic (exact) mass is 443 g/mol. The first-order chi connectivity index (χ1) is 15.7. The van der Waals surface area contributed by atoms with Gasteiger partial charge in [0.15, 0.2) is 0 Å². The summed E-state index contributed by atoms with van der Waals surface area (Å²) in [6.45, 7) is 0.698. The van der Waals surface area contributed by atoms with Gasteiger partial charge < -0.3 is 20.1 Å². The SMILES string of the molecule is O=c1ccc2c([C@@H](O)CNc3ccc4scnc4c3)ccc(OCc3ccccc3)c2[nH]1. The number of nitrogens with zero attached hydrogens (tertiary/aromatic N) is 1. The maximum Gasteiger partial charge on any atom is 0.248 e. The van der Waals surface area contributed by atoms with E-state index in [9.17, 15) is 9.90 Å². The summed E-state index contributed by atoms with van der Waals surface area (Å²) < 4.78 is 7.11. The normalized spacial score (nSPS) is 12.2. The molecule has 0 aliphatic rings. The summed E-state index contributed by atoms with van der Waals surface area (Å²) in [5.74, 6) is 0.569. The van der Waals surface area contributed by atoms with Gasteiger partial charge in [-0.1, -0.05) is 36.4 Å². The third-order valence-corrected chi connectivity index (χ3v) is 6.13. The molecule has 6 nitrogen and oxygen atoms in total. The van der Waals surface area contributed by atoms with E-state index in [1.165, 1.54) is 6.07 Å². The average molecular weight is 444 g/mol. The molecule has 0 saturated heterocycles. The van der Waals surface area contributed by atoms with Gasteiger partial charge in [-0.15, -0.1) is 11.3 Å². The molecule has 0 spiro atoms. The predicted octanol–water partition coefficient (Wildman–Crippen LogP) is 4.86. The number of aliphatic hydroxyl groups is 1. The molecular weight excluding hydrogens is 422 g/mol. The highest BCUT2D eigenvalue weighted by Crippen LogP contribution is 2.31. The minimum Gasteiger partial charge on any atom is -0.487 e. The summed E-state index contributed by atoms with van der Waals surface area (Å²) in [5.41, 5.74) is 5.74. The van der Waals surface area contributed by atoms with Crippen LogP contribution in [-0.2, 0) is 6.61 Å². The first kappa shape index (κ1) is 20.2. The largest absolute Gasteiger partial charge is 0.487 e. The molecule has 7 heteroatoms. The Bertz CT molecular complexity index is 1430. The molecule has 3 N–H and O–H groups in total. The second kappa shape index (κ2) is 8.82. The fourth-order valence-electron chi connectivity index (χ4n) is 3.69. The topological polar surface area (TPSA) is 87.2 Å². The Morgan fingerprint density at radius 1 is 1.06 bits per heavy atom. The van der Waals surface area contributed by atoms with Crippen molar-refractivity contribution >= 4 is 38.1 Å². The van der Waals surface area contributed by atoms with Gasteiger partial charge in [0.25, 0.3) is 0 Å². The van der Waals surface area contributed by atoms with E-state index >= 15 is 0 Å². The van der Waals surface area contributed by atoms with Gasteiger partial charge in [0.2, 0.25) is 5.56 Å². The number of aromatic nitrogens is 2. The van der Waals surface area contributed by atoms with Crippen LogP contribution >= 0.6 is 11.3 Å². The predicted molar refractivity (Wildman–Crippen MR) is 128 cm³/mol. The number of anilines is 1. The third kappa shape index (κ3) is 4.21. The molecule has 0 unspecified atom stereocenters. The van der Waals surface area contributed by atoms with Crippen molar-refractivity contribution in [3.05, 3.63) is 99.8 Å². The van der Waals surface area contributed by atoms with E-state index in [1.54, 1.807) is 23.5 Å². The van der Waals surface area contributed by atoms with Gasteiger partial charge in [0.05, 0.1) is 27.3 Å². The molecule has 5 rings (SSSR count). The number of hydrogen-bond acceptors (Lipinski definition) is 6. The highest BCUT2D eigenvalue weighted by Gasteiger charge is 2.15. The van der Waals surface area contributed by atoms with Crippen molar-refractivity contribution in [2.24, 2.45) is 0 Å². The number of rotatable bonds is 7. The molecule has 1 atom stereocenters. The molecular formula is C25H21N3O3S. The summed E-state index contributed by atoms with van der Waals surface area (Å²) in [6, 6.07) is 22.6. The summed E-state index contributed by atoms with van der Waals surface area (Å²) in [4.78, 5) is 19.2. The number of ether oxygens (including phenoxy) is 1. The van der Waals surface area contributed by atoms with Gasteiger partial charge in [-0.05, 0) is 41.5 Å². The van der Waals surface area contributed by atoms with Crippen LogP contribution in [0.4, 0.5) is 5.69 Å². The number of benzene rings is 3. The number of aromatic amines is 1. The fraction of sp³-hybridized carbons (Fsp3) is 0.120. The Labute approximate surface area is 188 Å². The number of thiazole rings is 1. The number of pyridine rings is 1. The smallest absolute Gasteiger partial charge is 0.248 e. The Morgan fingerprint density at radius 2 is 1.94 bits per heavy atom. The Morgan fingerprint density at radius 3 is 2.81 bits per heavy atom. The summed E-state index contributed by atoms with van der Waals surface area (Å²) >= 11 is 1.59. The third-order valence-electron chi connectivity index (χ3n) is 5.32. The minimum atomic E-state index is -0.780. The molecule has 0 aliphatic carbocycles. The molecule has 160 valence electrons. The Balaban J connectivity index is 1.38. The van der Waals surface area contributed by atoms with Gasteiger partial charge in [-0.25, -0.2) is 4.98 Å². The first-order valence-corrected chi connectivity index (χ1v) is 11.1. The van der Waals surface area contributed by atoms with Gasteiger partial charge in [-0.3, -0.25) is 4.79 Å². The van der Waals surface area contributed by atoms with Crippen LogP contribution < -0.4 is 15.6 Å². The summed E-state index contributed by atoms with van der Waals surface area (Å²) in [7, 11) is 0. The second-order valence-electron chi connectivity index (χ2n) is 7.47. The summed E-state index contributed by atoms with van der Waals surface area (Å²) in [5, 5.41) is 14.9. The van der Waals surface area contributed by atoms with E-state index in [0.717, 1.165) is 26.9 Å². The molecule has 0 radical (unpaired) electrons. The van der Waals surface area contributed by atoms with Crippen LogP contribution in [0, 0.1) is 0 Å². The van der Waals surface area contributed by atoms with Crippen LogP contribution in [0.2, 0.25) is 0 Å². The van der Waals surface area contributed by atoms with E-state index in [2.05, 4.69) is 15.3 Å². The highest BCUT2D eigenvalue weighted by atomic mass is 32.1. The molecule has 0 fully saturated rings. The lowest BCUT2D eigenvalue weighted by Gasteiger charge is -2.17. The molecule has 32 heavy (non-hydrogen) atoms. The van der Waals surface area contributed by atoms with Crippen molar-refractivity contribution in [2.45, 2.75) is 12.7 Å². The van der Waals surface area contributed by atoms with Crippen LogP contribution in [0.5, 0.6) is 5.75 Å². The quantitative estimate of drug-likeness (QED) is 0.334. The Kier molecular flexibility index (Phi) is 5.58. The zero-order valence-corrected chi connectivity index (χ0v) is 17.9. The Hall–Kier alpha value is -3.68. The van der Waals surface area contributed by atoms with Crippen LogP contribution in [0.25, 0.3) is 21.1 Å². The number of fused-ring (bicyclic) bond motifs is 2. The maximum absolute atomic E-state index is 12.0. The fourth-order valence-corrected chi connectivity index (χ4v) is 4.35. The van der Waals surface area contributed by atoms with E-state index in [0.29, 0.717) is 30.0 Å². The van der Waals surface area contributed by atoms with Crippen LogP contribution in [0.15, 0.2) is 83.1 Å². The number of aliphatic hydroxyl groups excluding tert-OH is 1. The van der Waals surface area contributed by atoms with Crippen LogP contribution in [0.3, 0.4) is 0 Å². The van der Waals surface area contributed by atoms with Gasteiger partial charge in [0.1, 0.15) is 12.4 Å². The van der Waals surface area contributed by atoms with Crippen molar-refractivity contribution in [2.75, 3.05) is 11.9 Å². The van der Waals surface area contributed by atoms with E-state index in [1.807, 2.05) is 60.1 Å². The standard InChI is InChI=1S/C25H21N3O3S/c29-21(13-26-17-6-10-23-20(12-17)27-15-32-23)18-7-9-22(25-19(18)8-11-24(30)28-25)31-14-16-4-2-1-3-5-16/h1-12,15,21,26,29H,13-14H2,(H,28,30)/t21-/m0/s1. The van der Waals surface area contributed by atoms with Crippen LogP contribution in [-0.4, -0.2) is 21.6 Å². The second-order valence-corrected chi connectivity index (χ2v) is 8.36. The van der Waals surface area contributed by atoms with Crippen molar-refractivity contribution in [3.8, 4) is 5.75 Å². The maximum atomic E-state index is 12.0. The van der Waals surface area contributed by atoms with Crippen molar-refractivity contribution in [3.63, 3.8) is 0 Å². The van der Waals surface area contributed by atoms with E-state index < -0.39 is 6.10 Å². The molecule has 3 aromatic carbocycles. The van der Waals surface area contributed by atoms with E-state index in [4.69, 9.17) is 4.74 Å². The zero-order chi connectivity index (χ0) is 21.9. The zero-order valence-electron chi connectivity index (χ0n) is 17.1. The number of H-pyrrole nitrogens is 1. The molecule has 0 amide bonds. The lowest BCUT2D eigenvalue weighted by Crippen LogP contribution is -2.14. The van der Waals surface area contributed by atoms with Crippen molar-refractivity contribution < 1.29 is 9.84 Å². The van der Waals surface area contributed by atoms with Crippen LogP contribution in [0.1, 0.15) is 17.2 Å².